The van der Waals surface area contributed by atoms with Crippen LogP contribution in [0.25, 0.3) is 11.3 Å². The summed E-state index contributed by atoms with van der Waals surface area (Å²) in [6, 6.07) is 34.2. The minimum atomic E-state index is -0.237. The number of benzene rings is 4. The highest BCUT2D eigenvalue weighted by atomic mass is 16.2. The smallest absolute Gasteiger partial charge is 0.258 e. The van der Waals surface area contributed by atoms with Crippen LogP contribution in [0.4, 0.5) is 22.7 Å². The van der Waals surface area contributed by atoms with Gasteiger partial charge >= 0.3 is 0 Å². The van der Waals surface area contributed by atoms with Crippen molar-refractivity contribution in [1.82, 2.24) is 4.98 Å². The number of nitrogens with zero attached hydrogens (tertiary/aromatic N) is 2. The van der Waals surface area contributed by atoms with E-state index in [0.717, 1.165) is 39.4 Å². The molecule has 1 aliphatic heterocycles. The van der Waals surface area contributed by atoms with Crippen molar-refractivity contribution in [2.45, 2.75) is 13.5 Å². The number of aromatic nitrogens is 1. The fourth-order valence-corrected chi connectivity index (χ4v) is 4.93. The number of carbonyl (C=O) groups excluding carboxylic acids is 2. The molecule has 5 aromatic rings. The third kappa shape index (κ3) is 4.76. The van der Waals surface area contributed by atoms with E-state index < -0.39 is 0 Å². The quantitative estimate of drug-likeness (QED) is 0.268. The molecule has 39 heavy (non-hydrogen) atoms. The van der Waals surface area contributed by atoms with Gasteiger partial charge in [0.2, 0.25) is 0 Å². The van der Waals surface area contributed by atoms with E-state index in [1.54, 1.807) is 29.3 Å². The van der Waals surface area contributed by atoms with E-state index in [4.69, 9.17) is 0 Å². The number of amides is 2. The molecule has 2 amide bonds. The number of para-hydroxylation sites is 3. The molecule has 2 N–H and O–H groups in total. The Kier molecular flexibility index (Phi) is 6.35. The highest BCUT2D eigenvalue weighted by Crippen LogP contribution is 2.36. The van der Waals surface area contributed by atoms with Crippen molar-refractivity contribution in [3.05, 3.63) is 138 Å². The predicted molar refractivity (Wildman–Crippen MR) is 155 cm³/mol. The molecule has 1 aromatic heterocycles. The molecular weight excluding hydrogens is 484 g/mol. The Hall–Kier alpha value is -5.23. The Morgan fingerprint density at radius 1 is 0.795 bits per heavy atom. The van der Waals surface area contributed by atoms with Gasteiger partial charge in [0.15, 0.2) is 0 Å². The third-order valence-corrected chi connectivity index (χ3v) is 6.88. The Morgan fingerprint density at radius 3 is 2.36 bits per heavy atom. The first kappa shape index (κ1) is 24.1. The van der Waals surface area contributed by atoms with Gasteiger partial charge < -0.3 is 15.5 Å². The number of anilines is 4. The Bertz CT molecular complexity index is 1700. The fourth-order valence-electron chi connectivity index (χ4n) is 4.93. The first-order valence-corrected chi connectivity index (χ1v) is 12.8. The van der Waals surface area contributed by atoms with Crippen molar-refractivity contribution >= 4 is 34.6 Å². The van der Waals surface area contributed by atoms with Crippen molar-refractivity contribution < 1.29 is 9.59 Å². The van der Waals surface area contributed by atoms with E-state index in [2.05, 4.69) is 15.6 Å². The number of fused-ring (bicyclic) bond motifs is 2. The van der Waals surface area contributed by atoms with Gasteiger partial charge in [0.05, 0.1) is 23.6 Å². The van der Waals surface area contributed by atoms with E-state index in [0.29, 0.717) is 23.4 Å². The largest absolute Gasteiger partial charge is 0.354 e. The molecule has 0 saturated carbocycles. The third-order valence-electron chi connectivity index (χ3n) is 6.88. The second kappa shape index (κ2) is 10.3. The number of nitrogens with one attached hydrogen (secondary N) is 2. The molecule has 6 nitrogen and oxygen atoms in total. The summed E-state index contributed by atoms with van der Waals surface area (Å²) in [7, 11) is 0. The lowest BCUT2D eigenvalue weighted by atomic mass is 10.0. The van der Waals surface area contributed by atoms with E-state index in [-0.39, 0.29) is 11.8 Å². The number of hydrogen-bond donors (Lipinski definition) is 2. The van der Waals surface area contributed by atoms with Crippen molar-refractivity contribution in [2.24, 2.45) is 0 Å². The zero-order valence-corrected chi connectivity index (χ0v) is 21.4. The molecule has 2 heterocycles. The standard InChI is InChI=1S/C33H26N4O2/c1-22-20-24(35-32(38)27-12-4-3-11-26(27)29-14-8-9-19-34-29)17-18-25(22)33(39)37-21-23-10-2-5-13-28(23)36-30-15-6-7-16-31(30)37/h2-20,36H,21H2,1H3,(H,35,38). The van der Waals surface area contributed by atoms with Gasteiger partial charge in [0.1, 0.15) is 0 Å². The average molecular weight is 511 g/mol. The summed E-state index contributed by atoms with van der Waals surface area (Å²) < 4.78 is 0. The summed E-state index contributed by atoms with van der Waals surface area (Å²) in [5.74, 6) is -0.337. The zero-order valence-electron chi connectivity index (χ0n) is 21.4. The molecule has 0 aliphatic carbocycles. The molecule has 0 saturated heterocycles. The van der Waals surface area contributed by atoms with Crippen LogP contribution in [0.3, 0.4) is 0 Å². The van der Waals surface area contributed by atoms with Gasteiger partial charge in [-0.3, -0.25) is 14.6 Å². The Morgan fingerprint density at radius 2 is 1.54 bits per heavy atom. The van der Waals surface area contributed by atoms with Crippen molar-refractivity contribution in [3.63, 3.8) is 0 Å². The molecule has 0 spiro atoms. The van der Waals surface area contributed by atoms with Crippen LogP contribution in [0.5, 0.6) is 0 Å². The van der Waals surface area contributed by atoms with Gasteiger partial charge in [-0.15, -0.1) is 0 Å². The van der Waals surface area contributed by atoms with E-state index >= 15 is 0 Å². The van der Waals surface area contributed by atoms with E-state index in [9.17, 15) is 9.59 Å². The zero-order chi connectivity index (χ0) is 26.8. The van der Waals surface area contributed by atoms with Crippen LogP contribution < -0.4 is 15.5 Å². The number of hydrogen-bond acceptors (Lipinski definition) is 4. The molecule has 0 atom stereocenters. The minimum Gasteiger partial charge on any atom is -0.354 e. The Balaban J connectivity index is 1.28. The van der Waals surface area contributed by atoms with Crippen LogP contribution in [-0.4, -0.2) is 16.8 Å². The van der Waals surface area contributed by atoms with E-state index in [1.807, 2.05) is 97.9 Å². The number of rotatable bonds is 4. The van der Waals surface area contributed by atoms with Crippen LogP contribution in [0.1, 0.15) is 31.8 Å². The van der Waals surface area contributed by atoms with Gasteiger partial charge in [-0.05, 0) is 72.6 Å². The summed E-state index contributed by atoms with van der Waals surface area (Å²) in [6.45, 7) is 2.34. The summed E-state index contributed by atoms with van der Waals surface area (Å²) >= 11 is 0. The van der Waals surface area contributed by atoms with Gasteiger partial charge in [0.25, 0.3) is 11.8 Å². The van der Waals surface area contributed by atoms with Gasteiger partial charge in [0, 0.05) is 34.3 Å². The molecule has 6 heteroatoms. The second-order valence-electron chi connectivity index (χ2n) is 9.43. The topological polar surface area (TPSA) is 74.3 Å². The SMILES string of the molecule is Cc1cc(NC(=O)c2ccccc2-c2ccccn2)ccc1C(=O)N1Cc2ccccc2Nc2ccccc21. The van der Waals surface area contributed by atoms with Crippen LogP contribution >= 0.6 is 0 Å². The molecule has 0 fully saturated rings. The van der Waals surface area contributed by atoms with Crippen LogP contribution in [-0.2, 0) is 6.54 Å². The first-order chi connectivity index (χ1) is 19.1. The summed E-state index contributed by atoms with van der Waals surface area (Å²) in [6.07, 6.45) is 1.71. The van der Waals surface area contributed by atoms with Crippen molar-refractivity contribution in [3.8, 4) is 11.3 Å². The molecule has 4 aromatic carbocycles. The molecule has 190 valence electrons. The molecule has 0 unspecified atom stereocenters. The van der Waals surface area contributed by atoms with Crippen molar-refractivity contribution in [1.29, 1.82) is 0 Å². The van der Waals surface area contributed by atoms with Crippen molar-refractivity contribution in [2.75, 3.05) is 15.5 Å². The number of carbonyl (C=O) groups is 2. The fraction of sp³-hybridized carbons (Fsp3) is 0.0606. The second-order valence-corrected chi connectivity index (χ2v) is 9.43. The highest BCUT2D eigenvalue weighted by Gasteiger charge is 2.26. The minimum absolute atomic E-state index is 0.100. The summed E-state index contributed by atoms with van der Waals surface area (Å²) in [5.41, 5.74) is 7.72. The molecule has 0 bridgehead atoms. The maximum absolute atomic E-state index is 13.9. The predicted octanol–water partition coefficient (Wildman–Crippen LogP) is 7.21. The molecule has 6 rings (SSSR count). The van der Waals surface area contributed by atoms with Crippen LogP contribution in [0.15, 0.2) is 115 Å². The highest BCUT2D eigenvalue weighted by molar-refractivity contribution is 6.11. The molecule has 1 aliphatic rings. The summed E-state index contributed by atoms with van der Waals surface area (Å²) in [5, 5.41) is 6.46. The maximum Gasteiger partial charge on any atom is 0.258 e. The monoisotopic (exact) mass is 510 g/mol. The average Bonchev–Trinajstić information content (AvgIpc) is 3.14. The van der Waals surface area contributed by atoms with Gasteiger partial charge in [-0.2, -0.15) is 0 Å². The lowest BCUT2D eigenvalue weighted by molar-refractivity contribution is 0.0983. The first-order valence-electron chi connectivity index (χ1n) is 12.8. The molecular formula is C33H26N4O2. The maximum atomic E-state index is 13.9. The van der Waals surface area contributed by atoms with Gasteiger partial charge in [-0.25, -0.2) is 0 Å². The van der Waals surface area contributed by atoms with Crippen LogP contribution in [0.2, 0.25) is 0 Å². The van der Waals surface area contributed by atoms with Crippen LogP contribution in [0, 0.1) is 6.92 Å². The lowest BCUT2D eigenvalue weighted by Crippen LogP contribution is -2.30. The van der Waals surface area contributed by atoms with E-state index in [1.165, 1.54) is 0 Å². The number of pyridine rings is 1. The lowest BCUT2D eigenvalue weighted by Gasteiger charge is -2.24. The normalized spacial score (nSPS) is 12.0. The summed E-state index contributed by atoms with van der Waals surface area (Å²) in [4.78, 5) is 33.4. The number of aryl methyl sites for hydroxylation is 1. The molecule has 0 radical (unpaired) electrons. The Labute approximate surface area is 227 Å². The van der Waals surface area contributed by atoms with Gasteiger partial charge in [-0.1, -0.05) is 54.6 Å².